The maximum Gasteiger partial charge on any atom is 0.0742 e. The minimum Gasteiger partial charge on any atom is -2.00 e. The average Bonchev–Trinajstić information content (AvgIpc) is 2.92. The molecule has 43 heavy (non-hydrogen) atoms. The van der Waals surface area contributed by atoms with Crippen LogP contribution in [0.3, 0.4) is 0 Å². The molecule has 0 saturated heterocycles. The molecule has 238 valence electrons. The van der Waals surface area contributed by atoms with Gasteiger partial charge in [-0.2, -0.15) is 0 Å². The molecule has 0 unspecified atom stereocenters. The van der Waals surface area contributed by atoms with E-state index in [9.17, 15) is 15.3 Å². The maximum absolute atomic E-state index is 12.9. The molecular formula is C33H43NO8U-6. The smallest absolute Gasteiger partial charge is 0.0742 e. The van der Waals surface area contributed by atoms with E-state index in [-0.39, 0.29) is 99.0 Å². The van der Waals surface area contributed by atoms with Gasteiger partial charge < -0.3 is 45.4 Å². The topological polar surface area (TPSA) is 158 Å². The Bertz CT molecular complexity index is 1050. The first-order valence-corrected chi connectivity index (χ1v) is 14.1. The van der Waals surface area contributed by atoms with Gasteiger partial charge in [-0.05, 0) is 74.9 Å². The third-order valence-corrected chi connectivity index (χ3v) is 7.21. The fourth-order valence-corrected chi connectivity index (χ4v) is 4.99. The van der Waals surface area contributed by atoms with Gasteiger partial charge in [0.25, 0.3) is 0 Å². The van der Waals surface area contributed by atoms with Crippen LogP contribution in [0.15, 0.2) is 36.4 Å². The normalized spacial score (nSPS) is 13.2. The molecule has 0 amide bonds. The van der Waals surface area contributed by atoms with E-state index in [0.717, 1.165) is 16.7 Å². The van der Waals surface area contributed by atoms with Gasteiger partial charge in [0.05, 0.1) is 59.3 Å². The molecule has 0 spiro atoms. The molecule has 3 aromatic carbocycles. The second kappa shape index (κ2) is 20.0. The third kappa shape index (κ3) is 11.7. The molecule has 1 aliphatic heterocycles. The molecule has 1 heterocycles. The van der Waals surface area contributed by atoms with Crippen molar-refractivity contribution in [3.63, 3.8) is 0 Å². The van der Waals surface area contributed by atoms with E-state index in [2.05, 4.69) is 20.8 Å². The number of rotatable bonds is 3. The number of aryl methyl sites for hydroxylation is 3. The Kier molecular flexibility index (Phi) is 19.0. The molecule has 0 fully saturated rings. The number of hydrogen-bond acceptors (Lipinski definition) is 6. The van der Waals surface area contributed by atoms with Crippen LogP contribution >= 0.6 is 0 Å². The van der Waals surface area contributed by atoms with Crippen LogP contribution in [0.4, 0.5) is 0 Å². The van der Waals surface area contributed by atoms with Crippen molar-refractivity contribution in [3.05, 3.63) is 86.5 Å². The molecular weight excluding hydrogens is 776 g/mol. The molecule has 6 bridgehead atoms. The molecule has 0 aliphatic carbocycles. The van der Waals surface area contributed by atoms with Crippen molar-refractivity contribution in [2.24, 2.45) is 0 Å². The Morgan fingerprint density at radius 1 is 0.488 bits per heavy atom. The summed E-state index contributed by atoms with van der Waals surface area (Å²) in [4.78, 5) is 1.68. The van der Waals surface area contributed by atoms with E-state index in [1.54, 1.807) is 41.3 Å². The van der Waals surface area contributed by atoms with Crippen LogP contribution in [0.5, 0.6) is 17.2 Å². The van der Waals surface area contributed by atoms with Crippen LogP contribution in [-0.2, 0) is 64.8 Å². The summed E-state index contributed by atoms with van der Waals surface area (Å²) in [6, 6.07) is 10.8. The van der Waals surface area contributed by atoms with Gasteiger partial charge in [0, 0.05) is 31.1 Å². The van der Waals surface area contributed by atoms with Gasteiger partial charge >= 0.3 is 0 Å². The van der Waals surface area contributed by atoms with Crippen LogP contribution in [0.2, 0.25) is 0 Å². The SMILES string of the molecule is CC[NH+](CC)CC.Cc1cc2c([O-])c(c1)COCc1cc(C)cc(c1[O-])COCc1cc(C)cc(c1[O-])COC2.[O-2].[O-2].[U]. The first kappa shape index (κ1) is 40.9. The Labute approximate surface area is 279 Å². The van der Waals surface area contributed by atoms with E-state index < -0.39 is 0 Å². The van der Waals surface area contributed by atoms with E-state index in [1.165, 1.54) is 19.6 Å². The summed E-state index contributed by atoms with van der Waals surface area (Å²) >= 11 is 0. The summed E-state index contributed by atoms with van der Waals surface area (Å²) < 4.78 is 17.3. The maximum atomic E-state index is 12.9. The van der Waals surface area contributed by atoms with Crippen molar-refractivity contribution < 1.29 is 76.5 Å². The summed E-state index contributed by atoms with van der Waals surface area (Å²) in [5.41, 5.74) is 5.85. The number of nitrogens with one attached hydrogen (secondary N) is 1. The summed E-state index contributed by atoms with van der Waals surface area (Å²) in [7, 11) is 0. The van der Waals surface area contributed by atoms with Gasteiger partial charge in [-0.15, -0.1) is 0 Å². The Hall–Kier alpha value is -2.13. The minimum absolute atomic E-state index is 0. The fourth-order valence-electron chi connectivity index (χ4n) is 4.99. The zero-order chi connectivity index (χ0) is 29.2. The predicted octanol–water partition coefficient (Wildman–Crippen LogP) is 2.99. The second-order valence-electron chi connectivity index (χ2n) is 10.5. The summed E-state index contributed by atoms with van der Waals surface area (Å²) in [6.45, 7) is 16.8. The standard InChI is InChI=1S/C27H30O6.C6H15N.2O.U/c1-16-4-19-10-31-12-21-6-17(2)8-23(26(21)29)14-33-15-24-9-18(3)7-22(27(24)30)13-32-11-20(5-16)25(19)28;1-4-7(5-2)6-3;;;/h4-9,28-30H,10-15H2,1-3H3;4-6H2,1-3H3;;;/q;;2*-2;/p-2. The largest absolute Gasteiger partial charge is 2.00 e. The van der Waals surface area contributed by atoms with Crippen molar-refractivity contribution >= 4 is 0 Å². The molecule has 1 aliphatic rings. The van der Waals surface area contributed by atoms with E-state index in [0.29, 0.717) is 33.4 Å². The number of quaternary nitrogens is 1. The summed E-state index contributed by atoms with van der Waals surface area (Å²) in [5.74, 6) is -0.431. The molecule has 0 radical (unpaired) electrons. The number of ether oxygens (including phenoxy) is 3. The van der Waals surface area contributed by atoms with E-state index >= 15 is 0 Å². The molecule has 3 aromatic rings. The molecule has 9 nitrogen and oxygen atoms in total. The third-order valence-electron chi connectivity index (χ3n) is 7.21. The Balaban J connectivity index is 0.00000158. The quantitative estimate of drug-likeness (QED) is 0.428. The van der Waals surface area contributed by atoms with Crippen LogP contribution in [-0.4, -0.2) is 19.6 Å². The molecule has 0 atom stereocenters. The van der Waals surface area contributed by atoms with Gasteiger partial charge in [0.15, 0.2) is 0 Å². The van der Waals surface area contributed by atoms with Gasteiger partial charge in [0.2, 0.25) is 0 Å². The zero-order valence-electron chi connectivity index (χ0n) is 26.1. The molecule has 0 aromatic heterocycles. The van der Waals surface area contributed by atoms with Crippen LogP contribution in [0.1, 0.15) is 70.8 Å². The molecule has 1 N–H and O–H groups in total. The monoisotopic (exact) mass is 819 g/mol. The summed E-state index contributed by atoms with van der Waals surface area (Å²) in [6.07, 6.45) is 0. The van der Waals surface area contributed by atoms with Crippen LogP contribution < -0.4 is 20.2 Å². The van der Waals surface area contributed by atoms with Crippen molar-refractivity contribution in [2.75, 3.05) is 19.6 Å². The van der Waals surface area contributed by atoms with Gasteiger partial charge in [0.1, 0.15) is 0 Å². The molecule has 4 rings (SSSR count). The molecule has 0 saturated carbocycles. The van der Waals surface area contributed by atoms with Crippen molar-refractivity contribution in [1.82, 2.24) is 0 Å². The number of hydrogen-bond donors (Lipinski definition) is 1. The molecule has 10 heteroatoms. The first-order valence-electron chi connectivity index (χ1n) is 14.1. The van der Waals surface area contributed by atoms with Crippen molar-refractivity contribution in [3.8, 4) is 17.2 Å². The van der Waals surface area contributed by atoms with E-state index in [4.69, 9.17) is 14.2 Å². The Morgan fingerprint density at radius 2 is 0.674 bits per heavy atom. The van der Waals surface area contributed by atoms with Gasteiger partial charge in [-0.1, -0.05) is 70.3 Å². The van der Waals surface area contributed by atoms with E-state index in [1.807, 2.05) is 20.8 Å². The minimum atomic E-state index is -0.144. The summed E-state index contributed by atoms with van der Waals surface area (Å²) in [5, 5.41) is 38.7. The van der Waals surface area contributed by atoms with Crippen LogP contribution in [0.25, 0.3) is 0 Å². The first-order chi connectivity index (χ1) is 19.2. The number of fused-ring (bicyclic) bond motifs is 6. The van der Waals surface area contributed by atoms with Crippen molar-refractivity contribution in [1.29, 1.82) is 0 Å². The fraction of sp³-hybridized carbons (Fsp3) is 0.455. The van der Waals surface area contributed by atoms with Crippen molar-refractivity contribution in [2.45, 2.75) is 81.2 Å². The average molecular weight is 820 g/mol. The van der Waals surface area contributed by atoms with Gasteiger partial charge in [-0.25, -0.2) is 0 Å². The zero-order valence-corrected chi connectivity index (χ0v) is 30.3. The van der Waals surface area contributed by atoms with Crippen LogP contribution in [0, 0.1) is 51.9 Å². The second-order valence-corrected chi connectivity index (χ2v) is 10.5. The van der Waals surface area contributed by atoms with Gasteiger partial charge in [-0.3, -0.25) is 0 Å². The number of benzene rings is 3. The predicted molar refractivity (Wildman–Crippen MR) is 151 cm³/mol. The Morgan fingerprint density at radius 3 is 0.814 bits per heavy atom.